The fourth-order valence-electron chi connectivity index (χ4n) is 2.80. The van der Waals surface area contributed by atoms with Crippen LogP contribution in [0.3, 0.4) is 0 Å². The van der Waals surface area contributed by atoms with Crippen LogP contribution < -0.4 is 4.80 Å². The molecule has 1 aromatic heterocycles. The van der Waals surface area contributed by atoms with Crippen LogP contribution in [-0.2, 0) is 17.8 Å². The molecule has 0 bridgehead atoms. The molecule has 7 heteroatoms. The molecule has 2 aromatic carbocycles. The lowest BCUT2D eigenvalue weighted by Crippen LogP contribution is -2.17. The minimum Gasteiger partial charge on any atom is -0.312 e. The Bertz CT molecular complexity index is 1130. The minimum atomic E-state index is -0.432. The third-order valence-electron chi connectivity index (χ3n) is 4.34. The van der Waals surface area contributed by atoms with Gasteiger partial charge in [0.1, 0.15) is 0 Å². The number of thiazole rings is 1. The Labute approximate surface area is 160 Å². The van der Waals surface area contributed by atoms with Crippen LogP contribution in [-0.4, -0.2) is 15.4 Å². The number of benzene rings is 2. The van der Waals surface area contributed by atoms with Crippen molar-refractivity contribution in [1.82, 2.24) is 4.57 Å². The second-order valence-corrected chi connectivity index (χ2v) is 7.30. The van der Waals surface area contributed by atoms with Crippen LogP contribution in [0.15, 0.2) is 54.0 Å². The maximum absolute atomic E-state index is 12.5. The van der Waals surface area contributed by atoms with E-state index in [1.807, 2.05) is 36.6 Å². The predicted octanol–water partition coefficient (Wildman–Crippen LogP) is 4.08. The Balaban J connectivity index is 2.01. The molecule has 0 radical (unpaired) electrons. The second kappa shape index (κ2) is 7.67. The maximum atomic E-state index is 12.5. The summed E-state index contributed by atoms with van der Waals surface area (Å²) in [4.78, 5) is 27.8. The van der Waals surface area contributed by atoms with Crippen molar-refractivity contribution in [3.8, 4) is 0 Å². The molecule has 0 saturated carbocycles. The minimum absolute atomic E-state index is 0.0162. The van der Waals surface area contributed by atoms with E-state index < -0.39 is 4.92 Å². The Kier molecular flexibility index (Phi) is 5.32. The first kappa shape index (κ1) is 18.7. The van der Waals surface area contributed by atoms with Gasteiger partial charge in [0.15, 0.2) is 4.80 Å². The number of nitrogens with zero attached hydrogens (tertiary/aromatic N) is 3. The lowest BCUT2D eigenvalue weighted by Gasteiger charge is -2.03. The molecular weight excluding hydrogens is 362 g/mol. The Morgan fingerprint density at radius 1 is 1.26 bits per heavy atom. The molecule has 3 aromatic rings. The van der Waals surface area contributed by atoms with Gasteiger partial charge in [-0.25, -0.2) is 0 Å². The van der Waals surface area contributed by atoms with Gasteiger partial charge in [0.25, 0.3) is 11.6 Å². The highest BCUT2D eigenvalue weighted by atomic mass is 32.1. The molecule has 1 heterocycles. The van der Waals surface area contributed by atoms with Crippen molar-refractivity contribution < 1.29 is 9.72 Å². The zero-order valence-electron chi connectivity index (χ0n) is 15.1. The summed E-state index contributed by atoms with van der Waals surface area (Å²) in [5, 5.41) is 11.0. The molecule has 0 aliphatic carbocycles. The van der Waals surface area contributed by atoms with Gasteiger partial charge in [-0.05, 0) is 36.6 Å². The van der Waals surface area contributed by atoms with Gasteiger partial charge < -0.3 is 4.57 Å². The fraction of sp³-hybridized carbons (Fsp3) is 0.200. The Hall–Kier alpha value is -3.06. The number of aromatic nitrogens is 1. The number of fused-ring (bicyclic) bond motifs is 1. The summed E-state index contributed by atoms with van der Waals surface area (Å²) >= 11 is 1.26. The van der Waals surface area contributed by atoms with E-state index in [0.717, 1.165) is 16.6 Å². The molecule has 27 heavy (non-hydrogen) atoms. The van der Waals surface area contributed by atoms with E-state index in [9.17, 15) is 14.9 Å². The van der Waals surface area contributed by atoms with Crippen LogP contribution in [0.1, 0.15) is 16.7 Å². The van der Waals surface area contributed by atoms with Crippen LogP contribution in [0.25, 0.3) is 10.2 Å². The molecule has 0 aliphatic rings. The lowest BCUT2D eigenvalue weighted by atomic mass is 10.0. The number of amides is 1. The second-order valence-electron chi connectivity index (χ2n) is 6.29. The zero-order chi connectivity index (χ0) is 19.6. The van der Waals surface area contributed by atoms with E-state index in [1.165, 1.54) is 29.0 Å². The van der Waals surface area contributed by atoms with E-state index in [0.29, 0.717) is 16.0 Å². The molecule has 6 nitrogen and oxygen atoms in total. The number of nitro groups is 1. The number of rotatable bonds is 5. The summed E-state index contributed by atoms with van der Waals surface area (Å²) < 4.78 is 2.55. The quantitative estimate of drug-likeness (QED) is 0.379. The largest absolute Gasteiger partial charge is 0.312 e. The molecule has 138 valence electrons. The van der Waals surface area contributed by atoms with Crippen LogP contribution in [0.5, 0.6) is 0 Å². The predicted molar refractivity (Wildman–Crippen MR) is 107 cm³/mol. The number of aryl methyl sites for hydroxylation is 2. The smallest absolute Gasteiger partial charge is 0.270 e. The monoisotopic (exact) mass is 381 g/mol. The Morgan fingerprint density at radius 3 is 2.70 bits per heavy atom. The molecule has 1 amide bonds. The maximum Gasteiger partial charge on any atom is 0.270 e. The van der Waals surface area contributed by atoms with E-state index in [2.05, 4.69) is 11.6 Å². The van der Waals surface area contributed by atoms with Gasteiger partial charge in [-0.3, -0.25) is 14.9 Å². The molecule has 0 saturated heterocycles. The molecule has 0 fully saturated rings. The van der Waals surface area contributed by atoms with Gasteiger partial charge in [0.05, 0.1) is 21.6 Å². The molecule has 0 N–H and O–H groups in total. The average Bonchev–Trinajstić information content (AvgIpc) is 2.95. The van der Waals surface area contributed by atoms with Crippen molar-refractivity contribution in [3.63, 3.8) is 0 Å². The van der Waals surface area contributed by atoms with Gasteiger partial charge in [-0.1, -0.05) is 35.6 Å². The topological polar surface area (TPSA) is 77.5 Å². The van der Waals surface area contributed by atoms with Crippen LogP contribution in [0, 0.1) is 24.0 Å². The molecule has 0 spiro atoms. The fourth-order valence-corrected chi connectivity index (χ4v) is 3.89. The molecular formula is C20H19N3O3S. The van der Waals surface area contributed by atoms with Gasteiger partial charge in [-0.2, -0.15) is 4.99 Å². The van der Waals surface area contributed by atoms with Crippen molar-refractivity contribution >= 4 is 33.1 Å². The van der Waals surface area contributed by atoms with E-state index in [-0.39, 0.29) is 18.0 Å². The number of hydrogen-bond acceptors (Lipinski definition) is 4. The molecule has 0 unspecified atom stereocenters. The number of carbonyl (C=O) groups is 1. The molecule has 0 atom stereocenters. The van der Waals surface area contributed by atoms with E-state index in [4.69, 9.17) is 0 Å². The van der Waals surface area contributed by atoms with Gasteiger partial charge in [0, 0.05) is 18.7 Å². The number of nitro benzene ring substituents is 1. The first-order chi connectivity index (χ1) is 12.9. The third kappa shape index (κ3) is 4.03. The van der Waals surface area contributed by atoms with E-state index >= 15 is 0 Å². The van der Waals surface area contributed by atoms with Gasteiger partial charge in [-0.15, -0.1) is 6.58 Å². The zero-order valence-corrected chi connectivity index (χ0v) is 16.0. The number of carbonyl (C=O) groups excluding carboxylic acids is 1. The highest BCUT2D eigenvalue weighted by molar-refractivity contribution is 7.16. The lowest BCUT2D eigenvalue weighted by molar-refractivity contribution is -0.384. The summed E-state index contributed by atoms with van der Waals surface area (Å²) in [6, 6.07) is 10.6. The van der Waals surface area contributed by atoms with Crippen LogP contribution >= 0.6 is 11.3 Å². The van der Waals surface area contributed by atoms with Crippen molar-refractivity contribution in [3.05, 3.63) is 80.7 Å². The molecule has 3 rings (SSSR count). The van der Waals surface area contributed by atoms with Gasteiger partial charge >= 0.3 is 0 Å². The number of allylic oxidation sites excluding steroid dienone is 1. The van der Waals surface area contributed by atoms with Crippen molar-refractivity contribution in [2.24, 2.45) is 4.99 Å². The van der Waals surface area contributed by atoms with Crippen molar-refractivity contribution in [2.45, 2.75) is 26.8 Å². The first-order valence-electron chi connectivity index (χ1n) is 8.41. The third-order valence-corrected chi connectivity index (χ3v) is 5.38. The van der Waals surface area contributed by atoms with E-state index in [1.54, 1.807) is 12.1 Å². The highest BCUT2D eigenvalue weighted by Crippen LogP contribution is 2.23. The first-order valence-corrected chi connectivity index (χ1v) is 9.23. The average molecular weight is 381 g/mol. The number of non-ortho nitro benzene ring substituents is 1. The summed E-state index contributed by atoms with van der Waals surface area (Å²) in [6.07, 6.45) is 1.92. The summed E-state index contributed by atoms with van der Waals surface area (Å²) in [7, 11) is 0. The van der Waals surface area contributed by atoms with Crippen LogP contribution in [0.4, 0.5) is 5.69 Å². The Morgan fingerprint density at radius 2 is 2.04 bits per heavy atom. The van der Waals surface area contributed by atoms with Crippen molar-refractivity contribution in [2.75, 3.05) is 0 Å². The van der Waals surface area contributed by atoms with Crippen molar-refractivity contribution in [1.29, 1.82) is 0 Å². The van der Waals surface area contributed by atoms with Crippen LogP contribution in [0.2, 0.25) is 0 Å². The SMILES string of the molecule is C=CCn1c(=NC(=O)Cc2ccc(C)c(C)c2)sc2cc([N+](=O)[O-])ccc21. The standard InChI is InChI=1S/C20H19N3O3S/c1-4-9-22-17-8-7-16(23(25)26)12-18(17)27-20(22)21-19(24)11-15-6-5-13(2)14(3)10-15/h4-8,10,12H,1,9,11H2,2-3H3. The normalized spacial score (nSPS) is 11.7. The number of hydrogen-bond donors (Lipinski definition) is 0. The highest BCUT2D eigenvalue weighted by Gasteiger charge is 2.12. The summed E-state index contributed by atoms with van der Waals surface area (Å²) in [5.41, 5.74) is 4.04. The summed E-state index contributed by atoms with van der Waals surface area (Å²) in [6.45, 7) is 8.25. The molecule has 0 aliphatic heterocycles. The van der Waals surface area contributed by atoms with Gasteiger partial charge in [0.2, 0.25) is 0 Å². The summed E-state index contributed by atoms with van der Waals surface area (Å²) in [5.74, 6) is -0.253.